The molecule has 1 aliphatic heterocycles. The Labute approximate surface area is 164 Å². The minimum atomic E-state index is -0.249. The maximum absolute atomic E-state index is 13.1. The molecule has 0 fully saturated rings. The van der Waals surface area contributed by atoms with E-state index in [2.05, 4.69) is 24.2 Å². The van der Waals surface area contributed by atoms with E-state index in [0.717, 1.165) is 22.4 Å². The van der Waals surface area contributed by atoms with Crippen LogP contribution in [0.4, 0.5) is 0 Å². The van der Waals surface area contributed by atoms with Crippen molar-refractivity contribution < 1.29 is 4.74 Å². The molecular weight excluding hydrogens is 393 g/mol. The number of benzene rings is 1. The van der Waals surface area contributed by atoms with Gasteiger partial charge in [0.05, 0.1) is 24.1 Å². The van der Waals surface area contributed by atoms with Gasteiger partial charge in [-0.3, -0.25) is 4.79 Å². The van der Waals surface area contributed by atoms with E-state index in [1.807, 2.05) is 0 Å². The van der Waals surface area contributed by atoms with Crippen molar-refractivity contribution in [2.24, 2.45) is 0 Å². The summed E-state index contributed by atoms with van der Waals surface area (Å²) in [7, 11) is 0. The van der Waals surface area contributed by atoms with Gasteiger partial charge in [-0.15, -0.1) is 16.4 Å². The third-order valence-electron chi connectivity index (χ3n) is 4.95. The Kier molecular flexibility index (Phi) is 4.55. The van der Waals surface area contributed by atoms with Gasteiger partial charge in [0.2, 0.25) is 0 Å². The summed E-state index contributed by atoms with van der Waals surface area (Å²) in [5, 5.41) is 10.1. The monoisotopic (exact) mass is 409 g/mol. The standard InChI is InChI=1S/C18H17Cl2N3O2S/c1-3-18(2)7-12-14(9-25-18)26-16-15(12)17(24)23(22-21-16)8-10-4-5-11(19)6-13(10)20/h4-6H,3,7-9H2,1-2H3/t18-/m1/s1. The van der Waals surface area contributed by atoms with Gasteiger partial charge in [-0.25, -0.2) is 4.68 Å². The number of ether oxygens (including phenoxy) is 1. The molecule has 0 spiro atoms. The van der Waals surface area contributed by atoms with Crippen molar-refractivity contribution in [2.45, 2.75) is 45.4 Å². The van der Waals surface area contributed by atoms with Crippen LogP contribution in [-0.4, -0.2) is 20.6 Å². The molecule has 26 heavy (non-hydrogen) atoms. The number of fused-ring (bicyclic) bond motifs is 3. The van der Waals surface area contributed by atoms with Crippen molar-refractivity contribution in [2.75, 3.05) is 0 Å². The fourth-order valence-corrected chi connectivity index (χ4v) is 4.67. The molecule has 0 unspecified atom stereocenters. The lowest BCUT2D eigenvalue weighted by Gasteiger charge is -2.32. The third kappa shape index (κ3) is 3.05. The molecule has 3 aromatic rings. The first-order valence-corrected chi connectivity index (χ1v) is 9.93. The second-order valence-electron chi connectivity index (χ2n) is 6.74. The van der Waals surface area contributed by atoms with Crippen molar-refractivity contribution in [1.82, 2.24) is 15.0 Å². The highest BCUT2D eigenvalue weighted by Crippen LogP contribution is 2.37. The molecule has 0 radical (unpaired) electrons. The number of hydrogen-bond donors (Lipinski definition) is 0. The Balaban J connectivity index is 1.80. The highest BCUT2D eigenvalue weighted by Gasteiger charge is 2.33. The van der Waals surface area contributed by atoms with Crippen molar-refractivity contribution in [3.05, 3.63) is 54.6 Å². The van der Waals surface area contributed by atoms with E-state index < -0.39 is 0 Å². The summed E-state index contributed by atoms with van der Waals surface area (Å²) in [5.41, 5.74) is 1.44. The van der Waals surface area contributed by atoms with Crippen molar-refractivity contribution in [3.8, 4) is 0 Å². The molecule has 1 atom stereocenters. The van der Waals surface area contributed by atoms with E-state index in [0.29, 0.717) is 33.3 Å². The lowest BCUT2D eigenvalue weighted by Crippen LogP contribution is -2.34. The Hall–Kier alpha value is -1.47. The third-order valence-corrected chi connectivity index (χ3v) is 6.63. The Bertz CT molecular complexity index is 1060. The summed E-state index contributed by atoms with van der Waals surface area (Å²) >= 11 is 13.7. The van der Waals surface area contributed by atoms with E-state index >= 15 is 0 Å². The van der Waals surface area contributed by atoms with Crippen LogP contribution in [0.3, 0.4) is 0 Å². The van der Waals surface area contributed by atoms with Crippen LogP contribution in [0.1, 0.15) is 36.3 Å². The molecule has 0 saturated heterocycles. The quantitative estimate of drug-likeness (QED) is 0.640. The topological polar surface area (TPSA) is 57.0 Å². The van der Waals surface area contributed by atoms with Crippen LogP contribution in [0.2, 0.25) is 10.0 Å². The minimum Gasteiger partial charge on any atom is -0.369 e. The zero-order valence-electron chi connectivity index (χ0n) is 14.4. The summed E-state index contributed by atoms with van der Waals surface area (Å²) in [4.78, 5) is 14.8. The molecule has 0 saturated carbocycles. The summed E-state index contributed by atoms with van der Waals surface area (Å²) in [5.74, 6) is 0. The van der Waals surface area contributed by atoms with Gasteiger partial charge in [0.15, 0.2) is 4.83 Å². The Morgan fingerprint density at radius 2 is 2.19 bits per heavy atom. The molecule has 8 heteroatoms. The highest BCUT2D eigenvalue weighted by molar-refractivity contribution is 7.18. The zero-order valence-corrected chi connectivity index (χ0v) is 16.7. The minimum absolute atomic E-state index is 0.140. The van der Waals surface area contributed by atoms with Gasteiger partial charge in [0.1, 0.15) is 0 Å². The molecular formula is C18H17Cl2N3O2S. The molecule has 136 valence electrons. The van der Waals surface area contributed by atoms with Crippen molar-refractivity contribution in [3.63, 3.8) is 0 Å². The highest BCUT2D eigenvalue weighted by atomic mass is 35.5. The van der Waals surface area contributed by atoms with E-state index in [1.54, 1.807) is 18.2 Å². The normalized spacial score (nSPS) is 19.7. The van der Waals surface area contributed by atoms with E-state index in [4.69, 9.17) is 27.9 Å². The average molecular weight is 410 g/mol. The predicted molar refractivity (Wildman–Crippen MR) is 104 cm³/mol. The lowest BCUT2D eigenvalue weighted by atomic mass is 9.90. The van der Waals surface area contributed by atoms with Gasteiger partial charge in [-0.05, 0) is 36.6 Å². The predicted octanol–water partition coefficient (Wildman–Crippen LogP) is 4.45. The second kappa shape index (κ2) is 6.60. The molecule has 2 aromatic heterocycles. The summed E-state index contributed by atoms with van der Waals surface area (Å²) in [6.45, 7) is 4.95. The smallest absolute Gasteiger partial charge is 0.279 e. The SMILES string of the molecule is CC[C@]1(C)Cc2c(sc3nnn(Cc4ccc(Cl)cc4Cl)c(=O)c23)CO1. The van der Waals surface area contributed by atoms with Gasteiger partial charge >= 0.3 is 0 Å². The van der Waals surface area contributed by atoms with Crippen LogP contribution in [-0.2, 0) is 24.3 Å². The molecule has 1 aliphatic rings. The molecule has 0 N–H and O–H groups in total. The van der Waals surface area contributed by atoms with Gasteiger partial charge in [0, 0.05) is 21.3 Å². The maximum atomic E-state index is 13.1. The first-order chi connectivity index (χ1) is 12.4. The fraction of sp³-hybridized carbons (Fsp3) is 0.389. The van der Waals surface area contributed by atoms with Crippen LogP contribution < -0.4 is 5.56 Å². The summed E-state index contributed by atoms with van der Waals surface area (Å²) < 4.78 is 7.35. The van der Waals surface area contributed by atoms with Gasteiger partial charge in [-0.1, -0.05) is 41.4 Å². The van der Waals surface area contributed by atoms with Crippen LogP contribution in [0.25, 0.3) is 10.2 Å². The molecule has 4 rings (SSSR count). The number of nitrogens with zero attached hydrogens (tertiary/aromatic N) is 3. The molecule has 3 heterocycles. The van der Waals surface area contributed by atoms with E-state index in [1.165, 1.54) is 16.0 Å². The zero-order chi connectivity index (χ0) is 18.5. The van der Waals surface area contributed by atoms with Crippen molar-refractivity contribution >= 4 is 44.8 Å². The van der Waals surface area contributed by atoms with Crippen LogP contribution in [0.5, 0.6) is 0 Å². The van der Waals surface area contributed by atoms with E-state index in [9.17, 15) is 4.79 Å². The molecule has 5 nitrogen and oxygen atoms in total. The summed E-state index contributed by atoms with van der Waals surface area (Å²) in [6.07, 6.45) is 1.60. The van der Waals surface area contributed by atoms with Crippen molar-refractivity contribution in [1.29, 1.82) is 0 Å². The number of hydrogen-bond acceptors (Lipinski definition) is 5. The number of rotatable bonds is 3. The number of halogens is 2. The van der Waals surface area contributed by atoms with Crippen LogP contribution in [0, 0.1) is 0 Å². The number of thiophene rings is 1. The first kappa shape index (κ1) is 17.9. The van der Waals surface area contributed by atoms with Gasteiger partial charge in [0.25, 0.3) is 5.56 Å². The Morgan fingerprint density at radius 1 is 1.38 bits per heavy atom. The average Bonchev–Trinajstić information content (AvgIpc) is 2.97. The van der Waals surface area contributed by atoms with Crippen LogP contribution >= 0.6 is 34.5 Å². The summed E-state index contributed by atoms with van der Waals surface area (Å²) in [6, 6.07) is 5.20. The number of aromatic nitrogens is 3. The molecule has 0 aliphatic carbocycles. The fourth-order valence-electron chi connectivity index (χ4n) is 3.16. The molecule has 0 amide bonds. The Morgan fingerprint density at radius 3 is 2.92 bits per heavy atom. The first-order valence-electron chi connectivity index (χ1n) is 8.36. The lowest BCUT2D eigenvalue weighted by molar-refractivity contribution is -0.0543. The molecule has 0 bridgehead atoms. The maximum Gasteiger partial charge on any atom is 0.279 e. The second-order valence-corrected chi connectivity index (χ2v) is 8.67. The largest absolute Gasteiger partial charge is 0.369 e. The van der Waals surface area contributed by atoms with Crippen LogP contribution in [0.15, 0.2) is 23.0 Å². The van der Waals surface area contributed by atoms with Gasteiger partial charge < -0.3 is 4.74 Å². The van der Waals surface area contributed by atoms with E-state index in [-0.39, 0.29) is 17.7 Å². The molecule has 1 aromatic carbocycles. The van der Waals surface area contributed by atoms with Gasteiger partial charge in [-0.2, -0.15) is 0 Å².